The molecule has 0 aliphatic carbocycles. The molecule has 0 radical (unpaired) electrons. The first-order valence-electron chi connectivity index (χ1n) is 11.2. The zero-order valence-electron chi connectivity index (χ0n) is 18.7. The molecule has 172 valence electrons. The van der Waals surface area contributed by atoms with Crippen molar-refractivity contribution in [2.45, 2.75) is 57.0 Å². The lowest BCUT2D eigenvalue weighted by atomic mass is 10.2. The minimum Gasteiger partial charge on any atom is -0.341 e. The Kier molecular flexibility index (Phi) is 6.97. The smallest absolute Gasteiger partial charge is 0.243 e. The summed E-state index contributed by atoms with van der Waals surface area (Å²) in [6, 6.07) is 9.25. The molecule has 9 heteroatoms. The average molecular weight is 475 g/mol. The molecule has 4 rings (SSSR count). The summed E-state index contributed by atoms with van der Waals surface area (Å²) in [5, 5.41) is 2.01. The summed E-state index contributed by atoms with van der Waals surface area (Å²) < 4.78 is 29.6. The summed E-state index contributed by atoms with van der Waals surface area (Å²) >= 11 is 1.64. The molecule has 0 unspecified atom stereocenters. The average Bonchev–Trinajstić information content (AvgIpc) is 3.54. The highest BCUT2D eigenvalue weighted by Gasteiger charge is 2.28. The molecule has 2 aromatic heterocycles. The predicted octanol–water partition coefficient (Wildman–Crippen LogP) is 3.88. The Morgan fingerprint density at radius 3 is 2.69 bits per heavy atom. The molecule has 1 aliphatic heterocycles. The molecule has 32 heavy (non-hydrogen) atoms. The van der Waals surface area contributed by atoms with Gasteiger partial charge in [-0.3, -0.25) is 4.79 Å². The number of benzene rings is 1. The Morgan fingerprint density at radius 2 is 2.00 bits per heavy atom. The van der Waals surface area contributed by atoms with Crippen molar-refractivity contribution >= 4 is 38.3 Å². The SMILES string of the molecule is CCCn1c(CCC(=O)N(C)Cc2cccs2)nc2cc(S(=O)(=O)N3CCCC3)ccc21. The molecule has 7 nitrogen and oxygen atoms in total. The second-order valence-electron chi connectivity index (χ2n) is 8.27. The molecule has 0 bridgehead atoms. The van der Waals surface area contributed by atoms with E-state index in [0.29, 0.717) is 42.9 Å². The van der Waals surface area contributed by atoms with Crippen LogP contribution in [0.4, 0.5) is 0 Å². The van der Waals surface area contributed by atoms with Gasteiger partial charge in [-0.2, -0.15) is 4.31 Å². The van der Waals surface area contributed by atoms with Crippen LogP contribution in [-0.2, 0) is 34.3 Å². The number of imidazole rings is 1. The molecule has 1 fully saturated rings. The molecule has 1 saturated heterocycles. The number of aromatic nitrogens is 2. The molecule has 0 spiro atoms. The highest BCUT2D eigenvalue weighted by atomic mass is 32.2. The van der Waals surface area contributed by atoms with Crippen LogP contribution in [0.2, 0.25) is 0 Å². The third kappa shape index (κ3) is 4.74. The van der Waals surface area contributed by atoms with E-state index in [-0.39, 0.29) is 5.91 Å². The molecule has 3 heterocycles. The van der Waals surface area contributed by atoms with E-state index in [4.69, 9.17) is 4.98 Å². The molecule has 0 saturated carbocycles. The van der Waals surface area contributed by atoms with Gasteiger partial charge in [0.25, 0.3) is 0 Å². The number of fused-ring (bicyclic) bond motifs is 1. The van der Waals surface area contributed by atoms with Gasteiger partial charge in [-0.1, -0.05) is 13.0 Å². The summed E-state index contributed by atoms with van der Waals surface area (Å²) in [4.78, 5) is 20.6. The van der Waals surface area contributed by atoms with E-state index in [2.05, 4.69) is 11.5 Å². The van der Waals surface area contributed by atoms with Gasteiger partial charge < -0.3 is 9.47 Å². The number of sulfonamides is 1. The molecule has 1 aliphatic rings. The van der Waals surface area contributed by atoms with Crippen LogP contribution in [0, 0.1) is 0 Å². The highest BCUT2D eigenvalue weighted by Crippen LogP contribution is 2.26. The minimum absolute atomic E-state index is 0.0748. The van der Waals surface area contributed by atoms with Gasteiger partial charge in [0.15, 0.2) is 0 Å². The Balaban J connectivity index is 1.54. The Labute approximate surface area is 193 Å². The van der Waals surface area contributed by atoms with Crippen molar-refractivity contribution in [1.82, 2.24) is 18.8 Å². The lowest BCUT2D eigenvalue weighted by Gasteiger charge is -2.16. The van der Waals surface area contributed by atoms with Crippen LogP contribution >= 0.6 is 11.3 Å². The van der Waals surface area contributed by atoms with Crippen LogP contribution in [-0.4, -0.2) is 53.2 Å². The Morgan fingerprint density at radius 1 is 1.22 bits per heavy atom. The van der Waals surface area contributed by atoms with Crippen LogP contribution < -0.4 is 0 Å². The van der Waals surface area contributed by atoms with E-state index in [1.807, 2.05) is 30.6 Å². The first kappa shape index (κ1) is 22.9. The van der Waals surface area contributed by atoms with E-state index in [9.17, 15) is 13.2 Å². The topological polar surface area (TPSA) is 75.5 Å². The molecule has 0 atom stereocenters. The number of carbonyl (C=O) groups excluding carboxylic acids is 1. The zero-order chi connectivity index (χ0) is 22.7. The normalized spacial score (nSPS) is 14.9. The van der Waals surface area contributed by atoms with Crippen molar-refractivity contribution < 1.29 is 13.2 Å². The largest absolute Gasteiger partial charge is 0.341 e. The lowest BCUT2D eigenvalue weighted by molar-refractivity contribution is -0.130. The predicted molar refractivity (Wildman–Crippen MR) is 127 cm³/mol. The number of aryl methyl sites for hydroxylation is 2. The van der Waals surface area contributed by atoms with Crippen LogP contribution in [0.15, 0.2) is 40.6 Å². The molecule has 1 aromatic carbocycles. The monoisotopic (exact) mass is 474 g/mol. The number of nitrogens with zero attached hydrogens (tertiary/aromatic N) is 4. The summed E-state index contributed by atoms with van der Waals surface area (Å²) in [7, 11) is -1.66. The third-order valence-corrected chi connectivity index (χ3v) is 8.67. The number of hydrogen-bond acceptors (Lipinski definition) is 5. The van der Waals surface area contributed by atoms with Crippen LogP contribution in [0.1, 0.15) is 43.3 Å². The highest BCUT2D eigenvalue weighted by molar-refractivity contribution is 7.89. The van der Waals surface area contributed by atoms with Gasteiger partial charge in [0.05, 0.1) is 22.5 Å². The maximum absolute atomic E-state index is 13.0. The Hall–Kier alpha value is -2.23. The molecule has 3 aromatic rings. The summed E-state index contributed by atoms with van der Waals surface area (Å²) in [6.07, 6.45) is 3.64. The summed E-state index contributed by atoms with van der Waals surface area (Å²) in [5.41, 5.74) is 1.59. The number of rotatable bonds is 9. The summed E-state index contributed by atoms with van der Waals surface area (Å²) in [6.45, 7) is 4.65. The minimum atomic E-state index is -3.48. The van der Waals surface area contributed by atoms with E-state index in [0.717, 1.165) is 42.0 Å². The van der Waals surface area contributed by atoms with Crippen LogP contribution in [0.25, 0.3) is 11.0 Å². The van der Waals surface area contributed by atoms with Crippen molar-refractivity contribution in [3.8, 4) is 0 Å². The van der Waals surface area contributed by atoms with Gasteiger partial charge in [-0.25, -0.2) is 13.4 Å². The first-order chi connectivity index (χ1) is 15.4. The maximum Gasteiger partial charge on any atom is 0.243 e. The molecular weight excluding hydrogens is 444 g/mol. The van der Waals surface area contributed by atoms with Gasteiger partial charge in [0.1, 0.15) is 5.82 Å². The maximum atomic E-state index is 13.0. The number of amides is 1. The quantitative estimate of drug-likeness (QED) is 0.472. The van der Waals surface area contributed by atoms with Gasteiger partial charge >= 0.3 is 0 Å². The van der Waals surface area contributed by atoms with Crippen molar-refractivity contribution in [1.29, 1.82) is 0 Å². The fraction of sp³-hybridized carbons (Fsp3) is 0.478. The second-order valence-corrected chi connectivity index (χ2v) is 11.2. The van der Waals surface area contributed by atoms with Crippen LogP contribution in [0.3, 0.4) is 0 Å². The van der Waals surface area contributed by atoms with Gasteiger partial charge in [0, 0.05) is 44.4 Å². The fourth-order valence-corrected chi connectivity index (χ4v) is 6.49. The Bertz CT molecular complexity index is 1180. The van der Waals surface area contributed by atoms with Crippen molar-refractivity contribution in [2.24, 2.45) is 0 Å². The summed E-state index contributed by atoms with van der Waals surface area (Å²) in [5.74, 6) is 0.904. The molecule has 0 N–H and O–H groups in total. The van der Waals surface area contributed by atoms with Gasteiger partial charge in [-0.05, 0) is 48.9 Å². The lowest BCUT2D eigenvalue weighted by Crippen LogP contribution is -2.27. The first-order valence-corrected chi connectivity index (χ1v) is 13.5. The molecular formula is C23H30N4O3S2. The zero-order valence-corrected chi connectivity index (χ0v) is 20.3. The van der Waals surface area contributed by atoms with Gasteiger partial charge in [-0.15, -0.1) is 11.3 Å². The standard InChI is InChI=1S/C23H30N4O3S2/c1-3-12-27-21-9-8-19(32(29,30)26-13-4-5-14-26)16-20(21)24-22(27)10-11-23(28)25(2)17-18-7-6-15-31-18/h6-9,15-16H,3-5,10-14,17H2,1-2H3. The molecule has 1 amide bonds. The number of carbonyl (C=O) groups is 1. The number of hydrogen-bond donors (Lipinski definition) is 0. The van der Waals surface area contributed by atoms with E-state index in [1.165, 1.54) is 0 Å². The van der Waals surface area contributed by atoms with Crippen molar-refractivity contribution in [2.75, 3.05) is 20.1 Å². The van der Waals surface area contributed by atoms with Crippen LogP contribution in [0.5, 0.6) is 0 Å². The number of thiophene rings is 1. The third-order valence-electron chi connectivity index (χ3n) is 5.91. The second kappa shape index (κ2) is 9.72. The van der Waals surface area contributed by atoms with Crippen molar-refractivity contribution in [3.05, 3.63) is 46.4 Å². The van der Waals surface area contributed by atoms with E-state index < -0.39 is 10.0 Å². The van der Waals surface area contributed by atoms with Crippen molar-refractivity contribution in [3.63, 3.8) is 0 Å². The van der Waals surface area contributed by atoms with E-state index >= 15 is 0 Å². The fourth-order valence-electron chi connectivity index (χ4n) is 4.20. The van der Waals surface area contributed by atoms with E-state index in [1.54, 1.807) is 32.7 Å². The van der Waals surface area contributed by atoms with Gasteiger partial charge in [0.2, 0.25) is 15.9 Å².